The fraction of sp³-hybridized carbons (Fsp3) is 0.400. The van der Waals surface area contributed by atoms with Gasteiger partial charge >= 0.3 is 0 Å². The van der Waals surface area contributed by atoms with Gasteiger partial charge in [-0.3, -0.25) is 14.4 Å². The van der Waals surface area contributed by atoms with Crippen molar-refractivity contribution >= 4 is 17.3 Å². The first-order chi connectivity index (χ1) is 9.38. The molecule has 0 heterocycles. The molecule has 0 saturated heterocycles. The average molecular weight is 443 g/mol. The Morgan fingerprint density at radius 2 is 0.640 bits per heavy atom. The number of allylic oxidation sites excluding steroid dienone is 6. The third-order valence-electron chi connectivity index (χ3n) is 1.24. The second-order valence-corrected chi connectivity index (χ2v) is 4.19. The summed E-state index contributed by atoms with van der Waals surface area (Å²) in [5, 5.41) is 25.1. The Morgan fingerprint density at radius 3 is 0.640 bits per heavy atom. The summed E-state index contributed by atoms with van der Waals surface area (Å²) in [6, 6.07) is 0. The maximum absolute atomic E-state index is 10.0. The Kier molecular flexibility index (Phi) is 48.1. The van der Waals surface area contributed by atoms with Gasteiger partial charge in [-0.15, -0.1) is 0 Å². The van der Waals surface area contributed by atoms with Crippen LogP contribution in [0.2, 0.25) is 0 Å². The third kappa shape index (κ3) is 85.3. The van der Waals surface area contributed by atoms with Gasteiger partial charge in [0.2, 0.25) is 0 Å². The van der Waals surface area contributed by atoms with E-state index in [9.17, 15) is 14.4 Å². The number of carbonyl (C=O) groups excluding carboxylic acids is 3. The minimum Gasteiger partial charge on any atom is -0.512 e. The Balaban J connectivity index is -0.0000000360. The molecule has 25 heavy (non-hydrogen) atoms. The molecule has 0 fully saturated rings. The van der Waals surface area contributed by atoms with Gasteiger partial charge in [0.05, 0.1) is 17.3 Å². The van der Waals surface area contributed by atoms with Gasteiger partial charge in [0, 0.05) is 50.9 Å². The summed E-state index contributed by atoms with van der Waals surface area (Å²) in [6.07, 6.45) is 3.50. The van der Waals surface area contributed by atoms with Crippen LogP contribution in [0.3, 0.4) is 0 Å². The van der Waals surface area contributed by atoms with E-state index in [1.54, 1.807) is 0 Å². The van der Waals surface area contributed by atoms with Crippen LogP contribution in [0.4, 0.5) is 0 Å². The number of carbonyl (C=O) groups is 3. The number of aliphatic hydroxyl groups is 3. The van der Waals surface area contributed by atoms with Gasteiger partial charge in [-0.05, 0) is 41.5 Å². The molecule has 0 aromatic heterocycles. The Labute approximate surface area is 172 Å². The molecule has 0 bridgehead atoms. The summed E-state index contributed by atoms with van der Waals surface area (Å²) < 4.78 is 0. The molecule has 0 aliphatic carbocycles. The van der Waals surface area contributed by atoms with E-state index >= 15 is 0 Å². The van der Waals surface area contributed by atoms with Crippen LogP contribution >= 0.6 is 0 Å². The molecule has 0 spiro atoms. The molecule has 9 N–H and O–H groups in total. The van der Waals surface area contributed by atoms with Crippen LogP contribution in [-0.2, 0) is 47.1 Å². The van der Waals surface area contributed by atoms with Crippen molar-refractivity contribution in [3.8, 4) is 0 Å². The van der Waals surface area contributed by atoms with Gasteiger partial charge in [0.15, 0.2) is 17.3 Å². The third-order valence-corrected chi connectivity index (χ3v) is 1.24. The first-order valence-electron chi connectivity index (χ1n) is 6.02. The van der Waals surface area contributed by atoms with Gasteiger partial charge in [-0.25, -0.2) is 0 Å². The minimum atomic E-state index is -0.125. The van der Waals surface area contributed by atoms with Crippen molar-refractivity contribution in [1.82, 2.24) is 0 Å². The largest absolute Gasteiger partial charge is 0.512 e. The Bertz CT molecular complexity index is 373. The van der Waals surface area contributed by atoms with Crippen LogP contribution in [0.25, 0.3) is 0 Å². The Hall–Kier alpha value is -1.39. The molecular formula is C15H30O9Y. The molecule has 0 saturated carbocycles. The van der Waals surface area contributed by atoms with Crippen molar-refractivity contribution in [3.63, 3.8) is 0 Å². The molecule has 0 amide bonds. The van der Waals surface area contributed by atoms with Crippen LogP contribution in [-0.4, -0.2) is 49.1 Å². The van der Waals surface area contributed by atoms with E-state index in [4.69, 9.17) is 15.3 Å². The molecule has 0 atom stereocenters. The topological polar surface area (TPSA) is 206 Å². The van der Waals surface area contributed by atoms with Gasteiger partial charge in [-0.2, -0.15) is 0 Å². The Morgan fingerprint density at radius 1 is 0.520 bits per heavy atom. The van der Waals surface area contributed by atoms with Crippen molar-refractivity contribution in [3.05, 3.63) is 35.5 Å². The van der Waals surface area contributed by atoms with Gasteiger partial charge in [0.25, 0.3) is 0 Å². The number of ketones is 3. The van der Waals surface area contributed by atoms with Gasteiger partial charge in [0.1, 0.15) is 0 Å². The van der Waals surface area contributed by atoms with Crippen molar-refractivity contribution in [2.24, 2.45) is 0 Å². The minimum absolute atomic E-state index is 0. The summed E-state index contributed by atoms with van der Waals surface area (Å²) >= 11 is 0. The van der Waals surface area contributed by atoms with Crippen molar-refractivity contribution in [1.29, 1.82) is 0 Å². The summed E-state index contributed by atoms with van der Waals surface area (Å²) in [5.41, 5.74) is 0. The zero-order chi connectivity index (χ0) is 17.6. The number of hydrogen-bond acceptors (Lipinski definition) is 6. The molecule has 0 rings (SSSR count). The van der Waals surface area contributed by atoms with Crippen molar-refractivity contribution in [2.75, 3.05) is 0 Å². The van der Waals surface area contributed by atoms with E-state index < -0.39 is 0 Å². The maximum Gasteiger partial charge on any atom is 0.155 e. The number of hydrogen-bond donors (Lipinski definition) is 3. The van der Waals surface area contributed by atoms with E-state index in [0.717, 1.165) is 0 Å². The van der Waals surface area contributed by atoms with Gasteiger partial charge < -0.3 is 31.7 Å². The van der Waals surface area contributed by atoms with E-state index in [-0.39, 0.29) is 83.8 Å². The predicted molar refractivity (Wildman–Crippen MR) is 92.0 cm³/mol. The van der Waals surface area contributed by atoms with E-state index in [2.05, 4.69) is 0 Å². The molecule has 0 aromatic rings. The number of rotatable bonds is 3. The standard InChI is InChI=1S/3C5H8O2.3H2O.Y/c3*1-4(6)3-5(2)7;;;;/h3*3,6H,1-2H3;3*1H2;. The first kappa shape index (κ1) is 43.7. The van der Waals surface area contributed by atoms with Crippen LogP contribution in [0.1, 0.15) is 41.5 Å². The smallest absolute Gasteiger partial charge is 0.155 e. The van der Waals surface area contributed by atoms with Crippen molar-refractivity contribution < 1.29 is 78.8 Å². The summed E-state index contributed by atoms with van der Waals surface area (Å²) in [7, 11) is 0. The molecule has 0 aliphatic heterocycles. The van der Waals surface area contributed by atoms with Crippen LogP contribution < -0.4 is 0 Å². The summed E-state index contributed by atoms with van der Waals surface area (Å²) in [5.74, 6) is -0.187. The number of aliphatic hydroxyl groups excluding tert-OH is 3. The van der Waals surface area contributed by atoms with Crippen molar-refractivity contribution in [2.45, 2.75) is 41.5 Å². The van der Waals surface area contributed by atoms with Crippen LogP contribution in [0, 0.1) is 0 Å². The van der Waals surface area contributed by atoms with E-state index in [0.29, 0.717) is 0 Å². The molecule has 0 aliphatic rings. The molecule has 9 nitrogen and oxygen atoms in total. The molecule has 10 heteroatoms. The zero-order valence-electron chi connectivity index (χ0n) is 15.4. The SMILES string of the molecule is CC(=O)C=C(C)O.CC(=O)C=C(C)O.CC(=O)C=C(C)O.O.O.O.[Y]. The zero-order valence-corrected chi connectivity index (χ0v) is 18.2. The quantitative estimate of drug-likeness (QED) is 0.421. The molecule has 147 valence electrons. The summed E-state index contributed by atoms with van der Waals surface area (Å²) in [4.78, 5) is 30.1. The molecule has 1 radical (unpaired) electrons. The van der Waals surface area contributed by atoms with E-state index in [1.165, 1.54) is 59.8 Å². The maximum atomic E-state index is 10.0. The molecular weight excluding hydrogens is 413 g/mol. The monoisotopic (exact) mass is 443 g/mol. The molecule has 0 unspecified atom stereocenters. The first-order valence-corrected chi connectivity index (χ1v) is 6.02. The van der Waals surface area contributed by atoms with Gasteiger partial charge in [-0.1, -0.05) is 0 Å². The predicted octanol–water partition coefficient (Wildman–Crippen LogP) is 0.635. The van der Waals surface area contributed by atoms with E-state index in [1.807, 2.05) is 0 Å². The second-order valence-electron chi connectivity index (χ2n) is 4.19. The fourth-order valence-corrected chi connectivity index (χ4v) is 0.882. The normalized spacial score (nSPS) is 9.60. The summed E-state index contributed by atoms with van der Waals surface area (Å²) in [6.45, 7) is 8.54. The average Bonchev–Trinajstić information content (AvgIpc) is 2.10. The van der Waals surface area contributed by atoms with Crippen LogP contribution in [0.5, 0.6) is 0 Å². The van der Waals surface area contributed by atoms with Crippen LogP contribution in [0.15, 0.2) is 35.5 Å². The molecule has 0 aromatic carbocycles. The second kappa shape index (κ2) is 27.5. The fourth-order valence-electron chi connectivity index (χ4n) is 0.882.